The highest BCUT2D eigenvalue weighted by molar-refractivity contribution is 5.94. The van der Waals surface area contributed by atoms with E-state index >= 15 is 0 Å². The predicted octanol–water partition coefficient (Wildman–Crippen LogP) is 2.44. The first-order valence-electron chi connectivity index (χ1n) is 9.20. The quantitative estimate of drug-likeness (QED) is 0.874. The van der Waals surface area contributed by atoms with E-state index in [-0.39, 0.29) is 23.0 Å². The minimum atomic E-state index is -0.360. The van der Waals surface area contributed by atoms with Gasteiger partial charge in [-0.05, 0) is 36.5 Å². The monoisotopic (exact) mass is 363 g/mol. The van der Waals surface area contributed by atoms with Gasteiger partial charge in [0.05, 0.1) is 6.54 Å². The Kier molecular flexibility index (Phi) is 6.75. The molecule has 6 heteroatoms. The average molecular weight is 363 g/mol. The van der Waals surface area contributed by atoms with Gasteiger partial charge in [0.2, 0.25) is 5.91 Å². The molecule has 1 saturated heterocycles. The van der Waals surface area contributed by atoms with Crippen molar-refractivity contribution in [2.24, 2.45) is 5.41 Å². The third-order valence-electron chi connectivity index (χ3n) is 4.64. The lowest BCUT2D eigenvalue weighted by molar-refractivity contribution is -0.122. The lowest BCUT2D eigenvalue weighted by Gasteiger charge is -2.34. The van der Waals surface area contributed by atoms with Crippen LogP contribution >= 0.6 is 0 Å². The Hall–Kier alpha value is -1.95. The van der Waals surface area contributed by atoms with Crippen LogP contribution in [0.3, 0.4) is 0 Å². The molecule has 0 atom stereocenters. The van der Waals surface area contributed by atoms with Crippen molar-refractivity contribution in [1.82, 2.24) is 15.1 Å². The van der Waals surface area contributed by atoms with Gasteiger partial charge in [0, 0.05) is 38.3 Å². The van der Waals surface area contributed by atoms with E-state index in [1.54, 1.807) is 24.0 Å². The molecule has 0 bridgehead atoms. The zero-order chi connectivity index (χ0) is 19.3. The van der Waals surface area contributed by atoms with Crippen LogP contribution in [0.1, 0.15) is 43.1 Å². The summed E-state index contributed by atoms with van der Waals surface area (Å²) < 4.78 is 13.7. The molecule has 0 aromatic heterocycles. The van der Waals surface area contributed by atoms with Gasteiger partial charge in [-0.15, -0.1) is 0 Å². The second kappa shape index (κ2) is 8.62. The molecule has 5 nitrogen and oxygen atoms in total. The summed E-state index contributed by atoms with van der Waals surface area (Å²) in [7, 11) is 0. The molecule has 1 aromatic rings. The summed E-state index contributed by atoms with van der Waals surface area (Å²) in [4.78, 5) is 28.3. The predicted molar refractivity (Wildman–Crippen MR) is 101 cm³/mol. The Morgan fingerprint density at radius 3 is 2.38 bits per heavy atom. The zero-order valence-electron chi connectivity index (χ0n) is 16.3. The van der Waals surface area contributed by atoms with E-state index in [1.165, 1.54) is 6.07 Å². The molecule has 1 aromatic carbocycles. The van der Waals surface area contributed by atoms with Crippen molar-refractivity contribution in [1.29, 1.82) is 0 Å². The molecular formula is C20H30FN3O2. The molecule has 144 valence electrons. The number of aryl methyl sites for hydroxylation is 1. The Morgan fingerprint density at radius 2 is 1.81 bits per heavy atom. The van der Waals surface area contributed by atoms with Gasteiger partial charge in [-0.2, -0.15) is 0 Å². The van der Waals surface area contributed by atoms with Crippen molar-refractivity contribution in [2.45, 2.75) is 34.1 Å². The van der Waals surface area contributed by atoms with E-state index in [1.807, 2.05) is 4.90 Å². The maximum atomic E-state index is 13.7. The van der Waals surface area contributed by atoms with E-state index in [0.717, 1.165) is 6.42 Å². The highest BCUT2D eigenvalue weighted by atomic mass is 19.1. The van der Waals surface area contributed by atoms with Crippen LogP contribution in [0, 0.1) is 18.2 Å². The number of hydrogen-bond acceptors (Lipinski definition) is 3. The van der Waals surface area contributed by atoms with Crippen LogP contribution < -0.4 is 5.32 Å². The Morgan fingerprint density at radius 1 is 1.15 bits per heavy atom. The highest BCUT2D eigenvalue weighted by Crippen LogP contribution is 2.17. The van der Waals surface area contributed by atoms with Crippen molar-refractivity contribution in [3.05, 3.63) is 35.1 Å². The molecule has 0 saturated carbocycles. The van der Waals surface area contributed by atoms with Crippen LogP contribution in [-0.2, 0) is 4.79 Å². The minimum absolute atomic E-state index is 0.0228. The molecule has 26 heavy (non-hydrogen) atoms. The van der Waals surface area contributed by atoms with E-state index in [4.69, 9.17) is 0 Å². The Balaban J connectivity index is 1.77. The summed E-state index contributed by atoms with van der Waals surface area (Å²) in [5.41, 5.74) is 1.11. The molecule has 1 aliphatic heterocycles. The second-order valence-corrected chi connectivity index (χ2v) is 8.19. The Labute approximate surface area is 155 Å². The van der Waals surface area contributed by atoms with Crippen LogP contribution in [0.4, 0.5) is 4.39 Å². The molecule has 1 aliphatic rings. The van der Waals surface area contributed by atoms with Crippen LogP contribution in [0.2, 0.25) is 0 Å². The number of rotatable bonds is 5. The topological polar surface area (TPSA) is 52.7 Å². The molecule has 0 aliphatic carbocycles. The molecule has 0 spiro atoms. The van der Waals surface area contributed by atoms with E-state index in [0.29, 0.717) is 50.4 Å². The van der Waals surface area contributed by atoms with Gasteiger partial charge in [0.15, 0.2) is 0 Å². The van der Waals surface area contributed by atoms with E-state index < -0.39 is 0 Å². The minimum Gasteiger partial charge on any atom is -0.355 e. The summed E-state index contributed by atoms with van der Waals surface area (Å²) in [6.45, 7) is 11.5. The number of carbonyl (C=O) groups is 2. The van der Waals surface area contributed by atoms with Crippen molar-refractivity contribution < 1.29 is 14.0 Å². The molecule has 1 fully saturated rings. The van der Waals surface area contributed by atoms with Gasteiger partial charge in [-0.3, -0.25) is 14.5 Å². The number of hydrogen-bond donors (Lipinski definition) is 1. The average Bonchev–Trinajstić information content (AvgIpc) is 2.56. The first kappa shape index (κ1) is 20.4. The number of nitrogens with zero attached hydrogens (tertiary/aromatic N) is 2. The molecule has 1 N–H and O–H groups in total. The lowest BCUT2D eigenvalue weighted by atomic mass is 9.92. The fraction of sp³-hybridized carbons (Fsp3) is 0.600. The third kappa shape index (κ3) is 6.09. The number of amides is 2. The highest BCUT2D eigenvalue weighted by Gasteiger charge is 2.23. The first-order valence-corrected chi connectivity index (χ1v) is 9.20. The molecule has 0 radical (unpaired) electrons. The number of halogens is 1. The van der Waals surface area contributed by atoms with E-state index in [2.05, 4.69) is 26.1 Å². The maximum Gasteiger partial charge on any atom is 0.254 e. The SMILES string of the molecule is Cc1ccc(C(=O)N2CCN(CC(=O)NCCC(C)(C)C)CC2)cc1F. The van der Waals surface area contributed by atoms with Crippen molar-refractivity contribution >= 4 is 11.8 Å². The summed E-state index contributed by atoms with van der Waals surface area (Å²) in [5, 5.41) is 2.96. The fourth-order valence-electron chi connectivity index (χ4n) is 2.85. The van der Waals surface area contributed by atoms with Gasteiger partial charge in [0.1, 0.15) is 5.82 Å². The first-order chi connectivity index (χ1) is 12.2. The maximum absolute atomic E-state index is 13.7. The van der Waals surface area contributed by atoms with Gasteiger partial charge in [-0.1, -0.05) is 26.8 Å². The fourth-order valence-corrected chi connectivity index (χ4v) is 2.85. The van der Waals surface area contributed by atoms with Gasteiger partial charge < -0.3 is 10.2 Å². The van der Waals surface area contributed by atoms with Crippen LogP contribution in [0.15, 0.2) is 18.2 Å². The van der Waals surface area contributed by atoms with Gasteiger partial charge in [-0.25, -0.2) is 4.39 Å². The van der Waals surface area contributed by atoms with Gasteiger partial charge >= 0.3 is 0 Å². The van der Waals surface area contributed by atoms with Crippen LogP contribution in [-0.4, -0.2) is 60.9 Å². The number of piperazine rings is 1. The molecular weight excluding hydrogens is 333 g/mol. The zero-order valence-corrected chi connectivity index (χ0v) is 16.3. The number of benzene rings is 1. The van der Waals surface area contributed by atoms with Crippen molar-refractivity contribution in [2.75, 3.05) is 39.3 Å². The summed E-state index contributed by atoms with van der Waals surface area (Å²) in [6.07, 6.45) is 0.939. The molecule has 1 heterocycles. The normalized spacial score (nSPS) is 15.8. The summed E-state index contributed by atoms with van der Waals surface area (Å²) in [5.74, 6) is -0.491. The van der Waals surface area contributed by atoms with Crippen LogP contribution in [0.5, 0.6) is 0 Å². The number of nitrogens with one attached hydrogen (secondary N) is 1. The summed E-state index contributed by atoms with van der Waals surface area (Å²) in [6, 6.07) is 4.59. The van der Waals surface area contributed by atoms with Crippen molar-refractivity contribution in [3.63, 3.8) is 0 Å². The Bertz CT molecular complexity index is 647. The lowest BCUT2D eigenvalue weighted by Crippen LogP contribution is -2.51. The van der Waals surface area contributed by atoms with Crippen LogP contribution in [0.25, 0.3) is 0 Å². The van der Waals surface area contributed by atoms with Crippen molar-refractivity contribution in [3.8, 4) is 0 Å². The smallest absolute Gasteiger partial charge is 0.254 e. The van der Waals surface area contributed by atoms with E-state index in [9.17, 15) is 14.0 Å². The standard InChI is InChI=1S/C20H30FN3O2/c1-15-5-6-16(13-17(15)21)19(26)24-11-9-23(10-12-24)14-18(25)22-8-7-20(2,3)4/h5-6,13H,7-12,14H2,1-4H3,(H,22,25). The largest absolute Gasteiger partial charge is 0.355 e. The number of carbonyl (C=O) groups excluding carboxylic acids is 2. The third-order valence-corrected chi connectivity index (χ3v) is 4.64. The molecule has 2 amide bonds. The van der Waals surface area contributed by atoms with Gasteiger partial charge in [0.25, 0.3) is 5.91 Å². The summed E-state index contributed by atoms with van der Waals surface area (Å²) >= 11 is 0. The second-order valence-electron chi connectivity index (χ2n) is 8.19. The molecule has 2 rings (SSSR count). The molecule has 0 unspecified atom stereocenters.